The van der Waals surface area contributed by atoms with Gasteiger partial charge in [-0.15, -0.1) is 0 Å². The van der Waals surface area contributed by atoms with Crippen LogP contribution in [0.25, 0.3) is 0 Å². The molecule has 0 aliphatic heterocycles. The van der Waals surface area contributed by atoms with E-state index in [9.17, 15) is 4.39 Å². The normalized spacial score (nSPS) is 10.5. The van der Waals surface area contributed by atoms with Gasteiger partial charge in [0.1, 0.15) is 5.82 Å². The van der Waals surface area contributed by atoms with E-state index < -0.39 is 0 Å². The molecule has 4 heteroatoms. The number of benzene rings is 1. The van der Waals surface area contributed by atoms with Gasteiger partial charge in [0.2, 0.25) is 0 Å². The predicted molar refractivity (Wildman–Crippen MR) is 71.3 cm³/mol. The van der Waals surface area contributed by atoms with E-state index in [1.54, 1.807) is 6.07 Å². The van der Waals surface area contributed by atoms with Crippen molar-refractivity contribution >= 4 is 27.3 Å². The number of halogens is 2. The Morgan fingerprint density at radius 2 is 1.81 bits per heavy atom. The largest absolute Gasteiger partial charge is 0.397 e. The van der Waals surface area contributed by atoms with Gasteiger partial charge in [-0.3, -0.25) is 0 Å². The van der Waals surface area contributed by atoms with Crippen LogP contribution < -0.4 is 10.6 Å². The van der Waals surface area contributed by atoms with Crippen LogP contribution in [0.1, 0.15) is 26.7 Å². The molecule has 0 aliphatic carbocycles. The summed E-state index contributed by atoms with van der Waals surface area (Å²) in [5.74, 6) is -0.263. The fourth-order valence-electron chi connectivity index (χ4n) is 1.72. The van der Waals surface area contributed by atoms with Gasteiger partial charge in [0.05, 0.1) is 15.8 Å². The predicted octanol–water partition coefficient (Wildman–Crippen LogP) is 3.80. The Bertz CT molecular complexity index is 349. The highest BCUT2D eigenvalue weighted by molar-refractivity contribution is 9.10. The Balaban J connectivity index is 3.03. The maximum Gasteiger partial charge on any atom is 0.139 e. The Morgan fingerprint density at radius 1 is 1.25 bits per heavy atom. The summed E-state index contributed by atoms with van der Waals surface area (Å²) in [6.45, 7) is 6.01. The Morgan fingerprint density at radius 3 is 2.31 bits per heavy atom. The van der Waals surface area contributed by atoms with Gasteiger partial charge in [0, 0.05) is 19.2 Å². The van der Waals surface area contributed by atoms with E-state index in [0.29, 0.717) is 10.2 Å². The van der Waals surface area contributed by atoms with E-state index in [1.807, 2.05) is 0 Å². The summed E-state index contributed by atoms with van der Waals surface area (Å²) in [6.07, 6.45) is 2.05. The van der Waals surface area contributed by atoms with E-state index in [0.717, 1.165) is 31.6 Å². The minimum atomic E-state index is -0.263. The minimum absolute atomic E-state index is 0.263. The molecular formula is C12H18BrFN2. The van der Waals surface area contributed by atoms with Crippen LogP contribution in [-0.2, 0) is 0 Å². The third-order valence-electron chi connectivity index (χ3n) is 2.40. The molecule has 2 nitrogen and oxygen atoms in total. The highest BCUT2D eigenvalue weighted by Crippen LogP contribution is 2.29. The summed E-state index contributed by atoms with van der Waals surface area (Å²) < 4.78 is 13.9. The van der Waals surface area contributed by atoms with Crippen LogP contribution in [0.4, 0.5) is 15.8 Å². The van der Waals surface area contributed by atoms with Crippen LogP contribution in [0.2, 0.25) is 0 Å². The lowest BCUT2D eigenvalue weighted by Crippen LogP contribution is -2.25. The Hall–Kier alpha value is -0.770. The van der Waals surface area contributed by atoms with Crippen molar-refractivity contribution in [2.24, 2.45) is 0 Å². The van der Waals surface area contributed by atoms with Gasteiger partial charge in [-0.25, -0.2) is 4.39 Å². The molecule has 0 atom stereocenters. The molecule has 16 heavy (non-hydrogen) atoms. The molecule has 0 aliphatic rings. The smallest absolute Gasteiger partial charge is 0.139 e. The topological polar surface area (TPSA) is 29.3 Å². The summed E-state index contributed by atoms with van der Waals surface area (Å²) in [5.41, 5.74) is 7.33. The number of anilines is 2. The zero-order chi connectivity index (χ0) is 12.1. The summed E-state index contributed by atoms with van der Waals surface area (Å²) >= 11 is 3.13. The molecule has 1 aromatic carbocycles. The molecule has 2 N–H and O–H groups in total. The SMILES string of the molecule is CCCN(CCC)c1cc(F)c(Br)cc1N. The fourth-order valence-corrected chi connectivity index (χ4v) is 2.08. The van der Waals surface area contributed by atoms with Crippen molar-refractivity contribution in [1.82, 2.24) is 0 Å². The van der Waals surface area contributed by atoms with Gasteiger partial charge < -0.3 is 10.6 Å². The van der Waals surface area contributed by atoms with Gasteiger partial charge >= 0.3 is 0 Å². The molecule has 0 radical (unpaired) electrons. The van der Waals surface area contributed by atoms with Crippen molar-refractivity contribution in [3.05, 3.63) is 22.4 Å². The average Bonchev–Trinajstić information content (AvgIpc) is 2.23. The first-order chi connectivity index (χ1) is 7.60. The van der Waals surface area contributed by atoms with Crippen molar-refractivity contribution in [2.45, 2.75) is 26.7 Å². The number of rotatable bonds is 5. The summed E-state index contributed by atoms with van der Waals surface area (Å²) in [5, 5.41) is 0. The van der Waals surface area contributed by atoms with Crippen molar-refractivity contribution in [1.29, 1.82) is 0 Å². The second kappa shape index (κ2) is 6.09. The molecule has 0 heterocycles. The monoisotopic (exact) mass is 288 g/mol. The average molecular weight is 289 g/mol. The molecule has 0 saturated heterocycles. The maximum atomic E-state index is 13.5. The summed E-state index contributed by atoms with van der Waals surface area (Å²) in [4.78, 5) is 2.13. The lowest BCUT2D eigenvalue weighted by atomic mass is 10.2. The standard InChI is InChI=1S/C12H18BrFN2/c1-3-5-16(6-4-2)12-8-10(14)9(13)7-11(12)15/h7-8H,3-6,15H2,1-2H3. The number of nitrogens with two attached hydrogens (primary N) is 1. The first-order valence-electron chi connectivity index (χ1n) is 5.59. The third-order valence-corrected chi connectivity index (χ3v) is 3.01. The van der Waals surface area contributed by atoms with Crippen LogP contribution in [0.5, 0.6) is 0 Å². The summed E-state index contributed by atoms with van der Waals surface area (Å²) in [7, 11) is 0. The van der Waals surface area contributed by atoms with Crippen LogP contribution in [0.15, 0.2) is 16.6 Å². The molecule has 1 aromatic rings. The van der Waals surface area contributed by atoms with E-state index >= 15 is 0 Å². The molecule has 0 spiro atoms. The molecule has 90 valence electrons. The fraction of sp³-hybridized carbons (Fsp3) is 0.500. The first-order valence-corrected chi connectivity index (χ1v) is 6.38. The van der Waals surface area contributed by atoms with E-state index in [1.165, 1.54) is 6.07 Å². The highest BCUT2D eigenvalue weighted by atomic mass is 79.9. The van der Waals surface area contributed by atoms with Crippen LogP contribution >= 0.6 is 15.9 Å². The van der Waals surface area contributed by atoms with Gasteiger partial charge in [-0.1, -0.05) is 13.8 Å². The highest BCUT2D eigenvalue weighted by Gasteiger charge is 2.11. The number of hydrogen-bond donors (Lipinski definition) is 1. The zero-order valence-corrected chi connectivity index (χ0v) is 11.3. The maximum absolute atomic E-state index is 13.5. The third kappa shape index (κ3) is 3.11. The molecule has 0 saturated carbocycles. The van der Waals surface area contributed by atoms with Gasteiger partial charge in [0.25, 0.3) is 0 Å². The lowest BCUT2D eigenvalue weighted by Gasteiger charge is -2.25. The molecule has 0 unspecified atom stereocenters. The van der Waals surface area contributed by atoms with Crippen LogP contribution in [-0.4, -0.2) is 13.1 Å². The zero-order valence-electron chi connectivity index (χ0n) is 9.76. The quantitative estimate of drug-likeness (QED) is 0.835. The Kier molecular flexibility index (Phi) is 5.06. The van der Waals surface area contributed by atoms with Gasteiger partial charge in [0.15, 0.2) is 0 Å². The molecular weight excluding hydrogens is 271 g/mol. The van der Waals surface area contributed by atoms with E-state index in [2.05, 4.69) is 34.7 Å². The molecule has 0 amide bonds. The number of nitrogen functional groups attached to an aromatic ring is 1. The van der Waals surface area contributed by atoms with Crippen molar-refractivity contribution < 1.29 is 4.39 Å². The molecule has 0 fully saturated rings. The molecule has 0 bridgehead atoms. The van der Waals surface area contributed by atoms with Crippen molar-refractivity contribution in [3.8, 4) is 0 Å². The van der Waals surface area contributed by atoms with Gasteiger partial charge in [-0.05, 0) is 34.8 Å². The van der Waals surface area contributed by atoms with Crippen LogP contribution in [0, 0.1) is 5.82 Å². The minimum Gasteiger partial charge on any atom is -0.397 e. The van der Waals surface area contributed by atoms with Crippen molar-refractivity contribution in [3.63, 3.8) is 0 Å². The first kappa shape index (κ1) is 13.3. The van der Waals surface area contributed by atoms with Crippen molar-refractivity contribution in [2.75, 3.05) is 23.7 Å². The molecule has 0 aromatic heterocycles. The van der Waals surface area contributed by atoms with E-state index in [4.69, 9.17) is 5.73 Å². The lowest BCUT2D eigenvalue weighted by molar-refractivity contribution is 0.619. The van der Waals surface area contributed by atoms with E-state index in [-0.39, 0.29) is 5.82 Å². The number of hydrogen-bond acceptors (Lipinski definition) is 2. The van der Waals surface area contributed by atoms with Crippen LogP contribution in [0.3, 0.4) is 0 Å². The summed E-state index contributed by atoms with van der Waals surface area (Å²) in [6, 6.07) is 3.13. The number of nitrogens with zero attached hydrogens (tertiary/aromatic N) is 1. The molecule has 1 rings (SSSR count). The second-order valence-electron chi connectivity index (χ2n) is 3.81. The van der Waals surface area contributed by atoms with Gasteiger partial charge in [-0.2, -0.15) is 0 Å². The second-order valence-corrected chi connectivity index (χ2v) is 4.67. The Labute approximate surface area is 105 Å².